The van der Waals surface area contributed by atoms with Crippen molar-refractivity contribution >= 4 is 5.91 Å². The number of carbonyl (C=O) groups is 1. The lowest BCUT2D eigenvalue weighted by Gasteiger charge is -2.33. The number of carbonyl (C=O) groups excluding carboxylic acids is 1. The summed E-state index contributed by atoms with van der Waals surface area (Å²) in [5.41, 5.74) is 9.96. The summed E-state index contributed by atoms with van der Waals surface area (Å²) in [7, 11) is 0. The highest BCUT2D eigenvalue weighted by Gasteiger charge is 2.27. The summed E-state index contributed by atoms with van der Waals surface area (Å²) < 4.78 is 5.31. The molecule has 0 radical (unpaired) electrons. The lowest BCUT2D eigenvalue weighted by molar-refractivity contribution is -0.133. The van der Waals surface area contributed by atoms with E-state index in [1.807, 2.05) is 23.1 Å². The van der Waals surface area contributed by atoms with Crippen molar-refractivity contribution in [1.82, 2.24) is 4.90 Å². The number of benzene rings is 2. The van der Waals surface area contributed by atoms with Gasteiger partial charge in [-0.3, -0.25) is 4.79 Å². The fraction of sp³-hybridized carbons (Fsp3) is 0.292. The zero-order valence-electron chi connectivity index (χ0n) is 16.0. The van der Waals surface area contributed by atoms with Crippen molar-refractivity contribution in [2.24, 2.45) is 5.73 Å². The maximum atomic E-state index is 12.7. The van der Waals surface area contributed by atoms with E-state index in [0.717, 1.165) is 31.7 Å². The molecule has 0 aliphatic carbocycles. The first-order valence-electron chi connectivity index (χ1n) is 9.93. The van der Waals surface area contributed by atoms with E-state index in [1.54, 1.807) is 6.26 Å². The van der Waals surface area contributed by atoms with Gasteiger partial charge in [0.25, 0.3) is 0 Å². The summed E-state index contributed by atoms with van der Waals surface area (Å²) in [6.45, 7) is 1.51. The summed E-state index contributed by atoms with van der Waals surface area (Å²) in [6, 6.07) is 22.4. The first kappa shape index (κ1) is 18.5. The topological polar surface area (TPSA) is 59.5 Å². The highest BCUT2D eigenvalue weighted by molar-refractivity contribution is 5.82. The second-order valence-electron chi connectivity index (χ2n) is 7.48. The van der Waals surface area contributed by atoms with Gasteiger partial charge in [0.15, 0.2) is 0 Å². The lowest BCUT2D eigenvalue weighted by atomic mass is 9.87. The molecular weight excluding hydrogens is 348 g/mol. The van der Waals surface area contributed by atoms with Crippen LogP contribution in [0.3, 0.4) is 0 Å². The molecule has 2 aromatic carbocycles. The van der Waals surface area contributed by atoms with Gasteiger partial charge in [-0.05, 0) is 47.6 Å². The van der Waals surface area contributed by atoms with Crippen LogP contribution in [0.1, 0.15) is 30.1 Å². The van der Waals surface area contributed by atoms with Gasteiger partial charge >= 0.3 is 0 Å². The van der Waals surface area contributed by atoms with Crippen LogP contribution in [0.4, 0.5) is 0 Å². The molecule has 1 saturated heterocycles. The normalized spacial score (nSPS) is 16.1. The molecule has 2 heterocycles. The van der Waals surface area contributed by atoms with Crippen LogP contribution in [0.25, 0.3) is 11.1 Å². The molecule has 144 valence electrons. The molecule has 2 N–H and O–H groups in total. The number of piperidine rings is 1. The van der Waals surface area contributed by atoms with E-state index in [2.05, 4.69) is 48.5 Å². The minimum Gasteiger partial charge on any atom is -0.469 e. The third-order valence-corrected chi connectivity index (χ3v) is 5.59. The number of hydrogen-bond donors (Lipinski definition) is 1. The van der Waals surface area contributed by atoms with Gasteiger partial charge in [-0.25, -0.2) is 0 Å². The van der Waals surface area contributed by atoms with Gasteiger partial charge in [0.05, 0.1) is 12.3 Å². The molecule has 1 aliphatic rings. The van der Waals surface area contributed by atoms with E-state index in [9.17, 15) is 4.79 Å². The smallest absolute Gasteiger partial charge is 0.239 e. The number of rotatable bonds is 5. The second kappa shape index (κ2) is 8.44. The van der Waals surface area contributed by atoms with E-state index in [1.165, 1.54) is 16.7 Å². The Labute approximate surface area is 166 Å². The molecule has 1 aromatic heterocycles. The van der Waals surface area contributed by atoms with Crippen molar-refractivity contribution in [3.05, 3.63) is 84.3 Å². The summed E-state index contributed by atoms with van der Waals surface area (Å²) in [6.07, 6.45) is 4.00. The number of amides is 1. The van der Waals surface area contributed by atoms with Crippen molar-refractivity contribution < 1.29 is 9.21 Å². The number of likely N-dealkylation sites (tertiary alicyclic amines) is 1. The predicted molar refractivity (Wildman–Crippen MR) is 111 cm³/mol. The molecule has 28 heavy (non-hydrogen) atoms. The Balaban J connectivity index is 1.37. The third-order valence-electron chi connectivity index (χ3n) is 5.59. The standard InChI is InChI=1S/C24H26N2O2/c25-23(17-22-10-5-15-28-22)24(27)26-13-11-19(12-14-26)21-9-4-8-20(16-21)18-6-2-1-3-7-18/h1-10,15-16,19,23H,11-14,17,25H2. The second-order valence-corrected chi connectivity index (χ2v) is 7.48. The van der Waals surface area contributed by atoms with Crippen molar-refractivity contribution in [1.29, 1.82) is 0 Å². The van der Waals surface area contributed by atoms with Crippen molar-refractivity contribution in [2.75, 3.05) is 13.1 Å². The lowest BCUT2D eigenvalue weighted by Crippen LogP contribution is -2.47. The molecule has 3 aromatic rings. The monoisotopic (exact) mass is 374 g/mol. The van der Waals surface area contributed by atoms with Crippen LogP contribution in [0, 0.1) is 0 Å². The van der Waals surface area contributed by atoms with Crippen LogP contribution in [0.5, 0.6) is 0 Å². The van der Waals surface area contributed by atoms with E-state index >= 15 is 0 Å². The summed E-state index contributed by atoms with van der Waals surface area (Å²) in [5, 5.41) is 0. The Morgan fingerprint density at radius 3 is 2.46 bits per heavy atom. The Kier molecular flexibility index (Phi) is 5.58. The molecule has 0 saturated carbocycles. The number of nitrogens with zero attached hydrogens (tertiary/aromatic N) is 1. The number of nitrogens with two attached hydrogens (primary N) is 1. The zero-order valence-corrected chi connectivity index (χ0v) is 16.0. The van der Waals surface area contributed by atoms with Gasteiger partial charge in [0.2, 0.25) is 5.91 Å². The first-order chi connectivity index (χ1) is 13.7. The molecule has 1 atom stereocenters. The molecular formula is C24H26N2O2. The molecule has 0 bridgehead atoms. The minimum atomic E-state index is -0.538. The van der Waals surface area contributed by atoms with Crippen LogP contribution in [-0.2, 0) is 11.2 Å². The van der Waals surface area contributed by atoms with Crippen LogP contribution in [0.2, 0.25) is 0 Å². The van der Waals surface area contributed by atoms with Crippen LogP contribution < -0.4 is 5.73 Å². The Morgan fingerprint density at radius 1 is 1.00 bits per heavy atom. The summed E-state index contributed by atoms with van der Waals surface area (Å²) >= 11 is 0. The largest absolute Gasteiger partial charge is 0.469 e. The van der Waals surface area contributed by atoms with Crippen molar-refractivity contribution in [3.8, 4) is 11.1 Å². The third kappa shape index (κ3) is 4.18. The fourth-order valence-electron chi connectivity index (χ4n) is 4.00. The van der Waals surface area contributed by atoms with Gasteiger partial charge in [0, 0.05) is 19.5 Å². The molecule has 4 heteroatoms. The quantitative estimate of drug-likeness (QED) is 0.727. The molecule has 1 unspecified atom stereocenters. The summed E-state index contributed by atoms with van der Waals surface area (Å²) in [4.78, 5) is 14.6. The maximum absolute atomic E-state index is 12.7. The predicted octanol–water partition coefficient (Wildman–Crippen LogP) is 4.22. The highest BCUT2D eigenvalue weighted by atomic mass is 16.3. The van der Waals surface area contributed by atoms with Crippen LogP contribution in [-0.4, -0.2) is 29.9 Å². The molecule has 4 nitrogen and oxygen atoms in total. The average Bonchev–Trinajstić information content (AvgIpc) is 3.27. The SMILES string of the molecule is NC(Cc1ccco1)C(=O)N1CCC(c2cccc(-c3ccccc3)c2)CC1. The van der Waals surface area contributed by atoms with Crippen LogP contribution in [0.15, 0.2) is 77.4 Å². The van der Waals surface area contributed by atoms with E-state index in [4.69, 9.17) is 10.2 Å². The molecule has 1 fully saturated rings. The summed E-state index contributed by atoms with van der Waals surface area (Å²) in [5.74, 6) is 1.26. The van der Waals surface area contributed by atoms with Crippen LogP contribution >= 0.6 is 0 Å². The van der Waals surface area contributed by atoms with Gasteiger partial charge in [-0.15, -0.1) is 0 Å². The zero-order chi connectivity index (χ0) is 19.3. The van der Waals surface area contributed by atoms with E-state index in [-0.39, 0.29) is 5.91 Å². The average molecular weight is 374 g/mol. The van der Waals surface area contributed by atoms with Crippen molar-refractivity contribution in [3.63, 3.8) is 0 Å². The van der Waals surface area contributed by atoms with E-state index < -0.39 is 6.04 Å². The Bertz CT molecular complexity index is 897. The minimum absolute atomic E-state index is 0.0212. The Hall–Kier alpha value is -2.85. The van der Waals surface area contributed by atoms with E-state index in [0.29, 0.717) is 12.3 Å². The molecule has 1 aliphatic heterocycles. The number of hydrogen-bond acceptors (Lipinski definition) is 3. The molecule has 0 spiro atoms. The van der Waals surface area contributed by atoms with Gasteiger partial charge in [-0.1, -0.05) is 54.6 Å². The first-order valence-corrected chi connectivity index (χ1v) is 9.93. The van der Waals surface area contributed by atoms with Gasteiger partial charge in [0.1, 0.15) is 5.76 Å². The van der Waals surface area contributed by atoms with Gasteiger partial charge < -0.3 is 15.1 Å². The highest BCUT2D eigenvalue weighted by Crippen LogP contribution is 2.31. The molecule has 4 rings (SSSR count). The number of furan rings is 1. The van der Waals surface area contributed by atoms with Gasteiger partial charge in [-0.2, -0.15) is 0 Å². The Morgan fingerprint density at radius 2 is 1.75 bits per heavy atom. The van der Waals surface area contributed by atoms with Crippen molar-refractivity contribution in [2.45, 2.75) is 31.2 Å². The maximum Gasteiger partial charge on any atom is 0.239 e. The fourth-order valence-corrected chi connectivity index (χ4v) is 4.00. The molecule has 1 amide bonds.